The summed E-state index contributed by atoms with van der Waals surface area (Å²) < 4.78 is 17.5. The molecular formula is C23H25BrClFN6O2. The largest absolute Gasteiger partial charge is 0.383 e. The van der Waals surface area contributed by atoms with Gasteiger partial charge in [-0.3, -0.25) is 14.2 Å². The number of nitrogens with two attached hydrogens (primary N) is 1. The summed E-state index contributed by atoms with van der Waals surface area (Å²) >= 11 is 9.37. The number of halogens is 3. The van der Waals surface area contributed by atoms with Gasteiger partial charge in [0.2, 0.25) is 0 Å². The Balaban J connectivity index is 1.36. The minimum atomic E-state index is -0.967. The number of carbonyl (C=O) groups is 1. The van der Waals surface area contributed by atoms with Crippen LogP contribution in [-0.2, 0) is 19.7 Å². The summed E-state index contributed by atoms with van der Waals surface area (Å²) in [6, 6.07) is 4.00. The fourth-order valence-electron chi connectivity index (χ4n) is 5.70. The molecule has 5 rings (SSSR count). The molecule has 2 unspecified atom stereocenters. The standard InChI is InChI=1S/C23H25BrClFN6O2/c1-31-10-15(24)20(30-31)23(34)8-12-5-11(6-13(12)9-23)19-18(21(27)32(2)29-19)22(33)28-14-3-4-17(26)16(25)7-14/h3-4,7,10-13,34H,5-6,8-9,27H2,1-2H3,(H,28,33). The van der Waals surface area contributed by atoms with Crippen molar-refractivity contribution in [2.24, 2.45) is 25.9 Å². The van der Waals surface area contributed by atoms with Gasteiger partial charge in [0.1, 0.15) is 28.5 Å². The number of nitrogens with zero attached hydrogens (tertiary/aromatic N) is 4. The van der Waals surface area contributed by atoms with Gasteiger partial charge < -0.3 is 16.2 Å². The Bertz CT molecular complexity index is 1280. The van der Waals surface area contributed by atoms with Crippen LogP contribution in [0.5, 0.6) is 0 Å². The SMILES string of the molecule is Cn1cc(Br)c(C2(O)CC3CC(c4nn(C)c(N)c4C(=O)Nc4ccc(F)c(Cl)c4)CC3C2)n1. The predicted octanol–water partition coefficient (Wildman–Crippen LogP) is 4.33. The molecule has 0 radical (unpaired) electrons. The molecule has 11 heteroatoms. The normalized spacial score (nSPS) is 26.1. The van der Waals surface area contributed by atoms with Gasteiger partial charge in [-0.1, -0.05) is 11.6 Å². The third-order valence-corrected chi connectivity index (χ3v) is 8.05. The van der Waals surface area contributed by atoms with Gasteiger partial charge in [-0.2, -0.15) is 10.2 Å². The van der Waals surface area contributed by atoms with E-state index in [0.717, 1.165) is 17.3 Å². The summed E-state index contributed by atoms with van der Waals surface area (Å²) in [5.41, 5.74) is 7.31. The average Bonchev–Trinajstić information content (AvgIpc) is 3.47. The average molecular weight is 552 g/mol. The van der Waals surface area contributed by atoms with E-state index < -0.39 is 17.3 Å². The number of anilines is 2. The van der Waals surface area contributed by atoms with E-state index in [-0.39, 0.29) is 16.8 Å². The van der Waals surface area contributed by atoms with Crippen molar-refractivity contribution < 1.29 is 14.3 Å². The van der Waals surface area contributed by atoms with E-state index in [0.29, 0.717) is 47.3 Å². The monoisotopic (exact) mass is 550 g/mol. The van der Waals surface area contributed by atoms with Gasteiger partial charge in [-0.25, -0.2) is 4.39 Å². The maximum atomic E-state index is 13.5. The van der Waals surface area contributed by atoms with Gasteiger partial charge in [0.05, 0.1) is 15.2 Å². The van der Waals surface area contributed by atoms with Crippen LogP contribution in [0, 0.1) is 17.7 Å². The fourth-order valence-corrected chi connectivity index (χ4v) is 6.62. The highest BCUT2D eigenvalue weighted by molar-refractivity contribution is 9.10. The number of aliphatic hydroxyl groups is 1. The van der Waals surface area contributed by atoms with Crippen molar-refractivity contribution in [3.8, 4) is 0 Å². The highest BCUT2D eigenvalue weighted by Gasteiger charge is 2.52. The molecule has 2 aliphatic rings. The first-order chi connectivity index (χ1) is 16.1. The Morgan fingerprint density at radius 3 is 2.56 bits per heavy atom. The van der Waals surface area contributed by atoms with Crippen molar-refractivity contribution in [2.45, 2.75) is 37.2 Å². The lowest BCUT2D eigenvalue weighted by Crippen LogP contribution is -2.24. The van der Waals surface area contributed by atoms with Gasteiger partial charge in [-0.05, 0) is 71.6 Å². The number of amides is 1. The van der Waals surface area contributed by atoms with Crippen molar-refractivity contribution in [3.05, 3.63) is 56.7 Å². The molecule has 1 aromatic carbocycles. The number of carbonyl (C=O) groups excluding carboxylic acids is 1. The minimum Gasteiger partial charge on any atom is -0.383 e. The molecule has 8 nitrogen and oxygen atoms in total. The summed E-state index contributed by atoms with van der Waals surface area (Å²) in [5, 5.41) is 23.1. The molecule has 3 aromatic rings. The zero-order valence-corrected chi connectivity index (χ0v) is 21.1. The molecular weight excluding hydrogens is 527 g/mol. The lowest BCUT2D eigenvalue weighted by molar-refractivity contribution is 0.0288. The zero-order chi connectivity index (χ0) is 24.4. The van der Waals surface area contributed by atoms with Crippen LogP contribution in [0.25, 0.3) is 0 Å². The van der Waals surface area contributed by atoms with E-state index >= 15 is 0 Å². The summed E-state index contributed by atoms with van der Waals surface area (Å²) in [7, 11) is 3.54. The number of fused-ring (bicyclic) bond motifs is 1. The third kappa shape index (κ3) is 3.91. The van der Waals surface area contributed by atoms with Gasteiger partial charge in [0, 0.05) is 31.9 Å². The molecule has 0 spiro atoms. The summed E-state index contributed by atoms with van der Waals surface area (Å²) in [6.07, 6.45) is 4.68. The second-order valence-electron chi connectivity index (χ2n) is 9.48. The van der Waals surface area contributed by atoms with Crippen LogP contribution in [-0.4, -0.2) is 30.6 Å². The smallest absolute Gasteiger partial charge is 0.261 e. The molecule has 0 bridgehead atoms. The van der Waals surface area contributed by atoms with Crippen LogP contribution < -0.4 is 11.1 Å². The zero-order valence-electron chi connectivity index (χ0n) is 18.7. The fraction of sp³-hybridized carbons (Fsp3) is 0.435. The van der Waals surface area contributed by atoms with Crippen molar-refractivity contribution in [1.82, 2.24) is 19.6 Å². The summed E-state index contributed by atoms with van der Waals surface area (Å²) in [4.78, 5) is 13.2. The van der Waals surface area contributed by atoms with Crippen molar-refractivity contribution in [1.29, 1.82) is 0 Å². The molecule has 2 atom stereocenters. The number of nitrogen functional groups attached to an aromatic ring is 1. The van der Waals surface area contributed by atoms with Crippen LogP contribution in [0.3, 0.4) is 0 Å². The van der Waals surface area contributed by atoms with E-state index in [2.05, 4.69) is 31.4 Å². The molecule has 2 aromatic heterocycles. The Labute approximate surface area is 209 Å². The second kappa shape index (κ2) is 8.35. The first-order valence-corrected chi connectivity index (χ1v) is 12.2. The summed E-state index contributed by atoms with van der Waals surface area (Å²) in [6.45, 7) is 0. The molecule has 1 amide bonds. The molecule has 180 valence electrons. The molecule has 2 saturated carbocycles. The lowest BCUT2D eigenvalue weighted by atomic mass is 9.90. The van der Waals surface area contributed by atoms with Gasteiger partial charge in [-0.15, -0.1) is 0 Å². The number of hydrogen-bond acceptors (Lipinski definition) is 5. The predicted molar refractivity (Wildman–Crippen MR) is 130 cm³/mol. The van der Waals surface area contributed by atoms with E-state index in [4.69, 9.17) is 17.3 Å². The first-order valence-electron chi connectivity index (χ1n) is 11.1. The number of benzene rings is 1. The van der Waals surface area contributed by atoms with E-state index in [1.807, 2.05) is 13.2 Å². The maximum Gasteiger partial charge on any atom is 0.261 e. The number of aromatic nitrogens is 4. The van der Waals surface area contributed by atoms with E-state index in [1.54, 1.807) is 11.7 Å². The van der Waals surface area contributed by atoms with Crippen molar-refractivity contribution in [2.75, 3.05) is 11.1 Å². The number of hydrogen-bond donors (Lipinski definition) is 3. The molecule has 0 saturated heterocycles. The minimum absolute atomic E-state index is 0.0489. The van der Waals surface area contributed by atoms with Gasteiger partial charge in [0.25, 0.3) is 5.91 Å². The number of nitrogens with one attached hydrogen (secondary N) is 1. The Kier molecular flexibility index (Phi) is 5.73. The second-order valence-corrected chi connectivity index (χ2v) is 10.7. The quantitative estimate of drug-likeness (QED) is 0.447. The van der Waals surface area contributed by atoms with Crippen molar-refractivity contribution >= 4 is 44.9 Å². The molecule has 34 heavy (non-hydrogen) atoms. The highest BCUT2D eigenvalue weighted by atomic mass is 79.9. The lowest BCUT2D eigenvalue weighted by Gasteiger charge is -2.23. The van der Waals surface area contributed by atoms with E-state index in [9.17, 15) is 14.3 Å². The Morgan fingerprint density at radius 1 is 1.29 bits per heavy atom. The Hall–Kier alpha value is -2.43. The van der Waals surface area contributed by atoms with Crippen LogP contribution in [0.2, 0.25) is 5.02 Å². The molecule has 2 heterocycles. The van der Waals surface area contributed by atoms with Gasteiger partial charge in [0.15, 0.2) is 0 Å². The third-order valence-electron chi connectivity index (χ3n) is 7.18. The van der Waals surface area contributed by atoms with Crippen LogP contribution in [0.4, 0.5) is 15.9 Å². The topological polar surface area (TPSA) is 111 Å². The summed E-state index contributed by atoms with van der Waals surface area (Å²) in [5.74, 6) is -0.0666. The molecule has 2 aliphatic carbocycles. The highest BCUT2D eigenvalue weighted by Crippen LogP contribution is 2.57. The Morgan fingerprint density at radius 2 is 1.97 bits per heavy atom. The maximum absolute atomic E-state index is 13.5. The number of rotatable bonds is 4. The van der Waals surface area contributed by atoms with Crippen LogP contribution >= 0.6 is 27.5 Å². The van der Waals surface area contributed by atoms with Gasteiger partial charge >= 0.3 is 0 Å². The van der Waals surface area contributed by atoms with Crippen LogP contribution in [0.1, 0.15) is 53.3 Å². The first kappa shape index (κ1) is 23.3. The van der Waals surface area contributed by atoms with Crippen LogP contribution in [0.15, 0.2) is 28.9 Å². The molecule has 4 N–H and O–H groups in total. The number of aryl methyl sites for hydroxylation is 2. The van der Waals surface area contributed by atoms with Crippen molar-refractivity contribution in [3.63, 3.8) is 0 Å². The molecule has 0 aliphatic heterocycles. The van der Waals surface area contributed by atoms with E-state index in [1.165, 1.54) is 22.9 Å². The molecule has 2 fully saturated rings.